The van der Waals surface area contributed by atoms with Crippen LogP contribution in [0.15, 0.2) is 0 Å². The third-order valence-electron chi connectivity index (χ3n) is 5.35. The molecule has 2 rings (SSSR count). The standard InChI is InChI=1S/C16H31N/c1-13-8-10-14(11-9-13)16-7-5-3-4-6-15(16)12-17-2/h13-17H,3-12H2,1-2H3. The van der Waals surface area contributed by atoms with E-state index in [0.717, 1.165) is 23.7 Å². The molecule has 0 spiro atoms. The average molecular weight is 237 g/mol. The lowest BCUT2D eigenvalue weighted by Gasteiger charge is -2.36. The van der Waals surface area contributed by atoms with Crippen molar-refractivity contribution in [3.63, 3.8) is 0 Å². The Hall–Kier alpha value is -0.0400. The Bertz CT molecular complexity index is 206. The highest BCUT2D eigenvalue weighted by Crippen LogP contribution is 2.41. The molecule has 0 heterocycles. The van der Waals surface area contributed by atoms with Crippen LogP contribution in [0.25, 0.3) is 0 Å². The Morgan fingerprint density at radius 3 is 2.29 bits per heavy atom. The van der Waals surface area contributed by atoms with Crippen molar-refractivity contribution in [2.24, 2.45) is 23.7 Å². The average Bonchev–Trinajstić information content (AvgIpc) is 2.56. The molecule has 1 N–H and O–H groups in total. The van der Waals surface area contributed by atoms with Gasteiger partial charge in [0.05, 0.1) is 0 Å². The van der Waals surface area contributed by atoms with Gasteiger partial charge in [-0.1, -0.05) is 39.0 Å². The van der Waals surface area contributed by atoms with Crippen LogP contribution in [-0.2, 0) is 0 Å². The van der Waals surface area contributed by atoms with E-state index in [1.54, 1.807) is 0 Å². The van der Waals surface area contributed by atoms with Gasteiger partial charge in [0.1, 0.15) is 0 Å². The van der Waals surface area contributed by atoms with Crippen LogP contribution in [0.3, 0.4) is 0 Å². The molecule has 0 aromatic carbocycles. The molecule has 0 aromatic rings. The summed E-state index contributed by atoms with van der Waals surface area (Å²) in [5.41, 5.74) is 0. The van der Waals surface area contributed by atoms with Crippen LogP contribution in [-0.4, -0.2) is 13.6 Å². The Kier molecular flexibility index (Phi) is 5.34. The zero-order valence-electron chi connectivity index (χ0n) is 11.9. The van der Waals surface area contributed by atoms with Crippen LogP contribution in [0.4, 0.5) is 0 Å². The molecule has 100 valence electrons. The van der Waals surface area contributed by atoms with E-state index < -0.39 is 0 Å². The predicted molar refractivity (Wildman–Crippen MR) is 75.1 cm³/mol. The Morgan fingerprint density at radius 1 is 0.882 bits per heavy atom. The van der Waals surface area contributed by atoms with Crippen molar-refractivity contribution >= 4 is 0 Å². The molecular formula is C16H31N. The summed E-state index contributed by atoms with van der Waals surface area (Å²) in [6.45, 7) is 3.70. The summed E-state index contributed by atoms with van der Waals surface area (Å²) in [4.78, 5) is 0. The van der Waals surface area contributed by atoms with E-state index in [1.165, 1.54) is 64.3 Å². The monoisotopic (exact) mass is 237 g/mol. The second-order valence-corrected chi connectivity index (χ2v) is 6.64. The fourth-order valence-electron chi connectivity index (χ4n) is 4.26. The molecule has 0 bridgehead atoms. The first-order valence-electron chi connectivity index (χ1n) is 7.96. The fraction of sp³-hybridized carbons (Fsp3) is 1.00. The maximum absolute atomic E-state index is 3.44. The van der Waals surface area contributed by atoms with Crippen LogP contribution in [0.2, 0.25) is 0 Å². The van der Waals surface area contributed by atoms with Crippen molar-refractivity contribution in [1.82, 2.24) is 5.32 Å². The lowest BCUT2D eigenvalue weighted by molar-refractivity contribution is 0.147. The molecule has 1 nitrogen and oxygen atoms in total. The molecule has 2 atom stereocenters. The Labute approximate surface area is 108 Å². The summed E-state index contributed by atoms with van der Waals surface area (Å²) in [7, 11) is 2.13. The van der Waals surface area contributed by atoms with Gasteiger partial charge in [0.25, 0.3) is 0 Å². The molecule has 2 aliphatic carbocycles. The molecule has 0 saturated heterocycles. The summed E-state index contributed by atoms with van der Waals surface area (Å²) < 4.78 is 0. The first kappa shape index (κ1) is 13.4. The molecule has 17 heavy (non-hydrogen) atoms. The summed E-state index contributed by atoms with van der Waals surface area (Å²) in [5, 5.41) is 3.44. The first-order chi connectivity index (χ1) is 8.31. The smallest absolute Gasteiger partial charge is 0.00208 e. The molecule has 0 radical (unpaired) electrons. The van der Waals surface area contributed by atoms with Gasteiger partial charge in [0.2, 0.25) is 0 Å². The third-order valence-corrected chi connectivity index (χ3v) is 5.35. The Morgan fingerprint density at radius 2 is 1.59 bits per heavy atom. The maximum atomic E-state index is 3.44. The Balaban J connectivity index is 1.93. The van der Waals surface area contributed by atoms with E-state index in [4.69, 9.17) is 0 Å². The van der Waals surface area contributed by atoms with Crippen molar-refractivity contribution in [2.45, 2.75) is 64.7 Å². The van der Waals surface area contributed by atoms with Crippen LogP contribution < -0.4 is 5.32 Å². The molecule has 0 aromatic heterocycles. The lowest BCUT2D eigenvalue weighted by atomic mass is 9.70. The van der Waals surface area contributed by atoms with Crippen molar-refractivity contribution < 1.29 is 0 Å². The van der Waals surface area contributed by atoms with Gasteiger partial charge in [0, 0.05) is 0 Å². The van der Waals surface area contributed by atoms with E-state index in [-0.39, 0.29) is 0 Å². The molecule has 2 unspecified atom stereocenters. The van der Waals surface area contributed by atoms with Crippen LogP contribution in [0.1, 0.15) is 64.7 Å². The van der Waals surface area contributed by atoms with Gasteiger partial charge in [-0.25, -0.2) is 0 Å². The fourth-order valence-corrected chi connectivity index (χ4v) is 4.26. The highest BCUT2D eigenvalue weighted by atomic mass is 14.8. The summed E-state index contributed by atoms with van der Waals surface area (Å²) >= 11 is 0. The lowest BCUT2D eigenvalue weighted by Crippen LogP contribution is -2.32. The highest BCUT2D eigenvalue weighted by molar-refractivity contribution is 4.83. The number of rotatable bonds is 3. The van der Waals surface area contributed by atoms with Gasteiger partial charge in [-0.3, -0.25) is 0 Å². The van der Waals surface area contributed by atoms with Crippen LogP contribution in [0.5, 0.6) is 0 Å². The van der Waals surface area contributed by atoms with Crippen LogP contribution in [0, 0.1) is 23.7 Å². The van der Waals surface area contributed by atoms with Crippen molar-refractivity contribution in [3.05, 3.63) is 0 Å². The topological polar surface area (TPSA) is 12.0 Å². The summed E-state index contributed by atoms with van der Waals surface area (Å²) in [5.74, 6) is 4.07. The third kappa shape index (κ3) is 3.71. The minimum absolute atomic E-state index is 0.973. The maximum Gasteiger partial charge on any atom is -0.00208 e. The predicted octanol–water partition coefficient (Wildman–Crippen LogP) is 4.23. The van der Waals surface area contributed by atoms with Gasteiger partial charge >= 0.3 is 0 Å². The SMILES string of the molecule is CNCC1CCCCCC1C1CCC(C)CC1. The molecule has 1 heteroatoms. The van der Waals surface area contributed by atoms with E-state index in [0.29, 0.717) is 0 Å². The van der Waals surface area contributed by atoms with Gasteiger partial charge in [-0.05, 0) is 62.9 Å². The highest BCUT2D eigenvalue weighted by Gasteiger charge is 2.32. The van der Waals surface area contributed by atoms with Crippen molar-refractivity contribution in [1.29, 1.82) is 0 Å². The number of nitrogens with one attached hydrogen (secondary N) is 1. The number of hydrogen-bond acceptors (Lipinski definition) is 1. The zero-order chi connectivity index (χ0) is 12.1. The molecule has 0 amide bonds. The van der Waals surface area contributed by atoms with Crippen molar-refractivity contribution in [3.8, 4) is 0 Å². The van der Waals surface area contributed by atoms with Gasteiger partial charge in [-0.2, -0.15) is 0 Å². The van der Waals surface area contributed by atoms with E-state index in [1.807, 2.05) is 0 Å². The second-order valence-electron chi connectivity index (χ2n) is 6.64. The first-order valence-corrected chi connectivity index (χ1v) is 7.96. The zero-order valence-corrected chi connectivity index (χ0v) is 11.9. The van der Waals surface area contributed by atoms with E-state index in [2.05, 4.69) is 19.3 Å². The minimum atomic E-state index is 0.973. The van der Waals surface area contributed by atoms with Gasteiger partial charge in [0.15, 0.2) is 0 Å². The van der Waals surface area contributed by atoms with Gasteiger partial charge < -0.3 is 5.32 Å². The molecule has 2 saturated carbocycles. The quantitative estimate of drug-likeness (QED) is 0.724. The molecule has 2 aliphatic rings. The second kappa shape index (κ2) is 6.78. The van der Waals surface area contributed by atoms with E-state index in [9.17, 15) is 0 Å². The normalized spacial score (nSPS) is 39.9. The molecule has 2 fully saturated rings. The number of hydrogen-bond donors (Lipinski definition) is 1. The van der Waals surface area contributed by atoms with E-state index >= 15 is 0 Å². The van der Waals surface area contributed by atoms with Gasteiger partial charge in [-0.15, -0.1) is 0 Å². The largest absolute Gasteiger partial charge is 0.319 e. The minimum Gasteiger partial charge on any atom is -0.319 e. The molecular weight excluding hydrogens is 206 g/mol. The summed E-state index contributed by atoms with van der Waals surface area (Å²) in [6, 6.07) is 0. The molecule has 0 aliphatic heterocycles. The summed E-state index contributed by atoms with van der Waals surface area (Å²) in [6.07, 6.45) is 13.5. The van der Waals surface area contributed by atoms with Crippen molar-refractivity contribution in [2.75, 3.05) is 13.6 Å². The van der Waals surface area contributed by atoms with Crippen LogP contribution >= 0.6 is 0 Å².